The normalized spacial score (nSPS) is 15.3. The second-order valence-electron chi connectivity index (χ2n) is 16.5. The van der Waals surface area contributed by atoms with Crippen molar-refractivity contribution < 1.29 is 37.0 Å². The molecule has 15 heteroatoms. The van der Waals surface area contributed by atoms with E-state index in [1.54, 1.807) is 13.1 Å². The number of ether oxygens (including phenoxy) is 4. The van der Waals surface area contributed by atoms with Crippen molar-refractivity contribution in [1.29, 1.82) is 0 Å². The van der Waals surface area contributed by atoms with Gasteiger partial charge in [-0.1, -0.05) is 87.6 Å². The van der Waals surface area contributed by atoms with Gasteiger partial charge in [0, 0.05) is 31.3 Å². The van der Waals surface area contributed by atoms with Gasteiger partial charge >= 0.3 is 0 Å². The Kier molecular flexibility index (Phi) is 13.8. The fourth-order valence-electron chi connectivity index (χ4n) is 7.89. The van der Waals surface area contributed by atoms with Crippen molar-refractivity contribution in [3.8, 4) is 45.5 Å². The van der Waals surface area contributed by atoms with Gasteiger partial charge in [-0.05, 0) is 104 Å². The molecule has 0 atom stereocenters. The number of benzene rings is 4. The van der Waals surface area contributed by atoms with Crippen molar-refractivity contribution in [2.45, 2.75) is 64.5 Å². The average molecular weight is 913 g/mol. The predicted molar refractivity (Wildman–Crippen MR) is 256 cm³/mol. The summed E-state index contributed by atoms with van der Waals surface area (Å²) in [7, 11) is 0.234. The smallest absolute Gasteiger partial charge is 0.236 e. The van der Waals surface area contributed by atoms with Crippen LogP contribution in [-0.4, -0.2) is 68.4 Å². The summed E-state index contributed by atoms with van der Waals surface area (Å²) in [5, 5.41) is 9.14. The van der Waals surface area contributed by atoms with Crippen LogP contribution in [0.3, 0.4) is 0 Å². The van der Waals surface area contributed by atoms with Gasteiger partial charge in [0.05, 0.1) is 28.5 Å². The zero-order chi connectivity index (χ0) is 44.5. The molecular weight excluding hydrogens is 857 g/mol. The van der Waals surface area contributed by atoms with E-state index < -0.39 is 20.9 Å². The van der Waals surface area contributed by atoms with Crippen molar-refractivity contribution >= 4 is 33.5 Å². The number of sulfonamides is 1. The molecule has 2 aromatic heterocycles. The van der Waals surface area contributed by atoms with Crippen molar-refractivity contribution in [3.05, 3.63) is 144 Å². The number of nitrogens with zero attached hydrogens (tertiary/aromatic N) is 3. The highest BCUT2D eigenvalue weighted by Crippen LogP contribution is 2.52. The Bertz CT molecular complexity index is 2830. The zero-order valence-electron chi connectivity index (χ0n) is 35.7. The zero-order valence-corrected chi connectivity index (χ0v) is 36.5. The molecule has 0 saturated heterocycles. The molecule has 66 heavy (non-hydrogen) atoms. The minimum Gasteiger partial charge on any atom is -0.454 e. The Morgan fingerprint density at radius 1 is 0.606 bits per heavy atom. The standard InChI is InChI=1S/C25H25N3O5S.C24H23N3O3.2CH4/c1-28(34(2,30)31)15-17-6-8-18(9-7-17)20-4-3-5-23(26-20)27-24(29)25(12-13-25)19-10-11-21-22(14-19)33-16-32-21;1-25-14-16-5-7-17(8-6-16)19-3-2-4-22(26-19)27-23(28)24(11-12-24)18-9-10-20-21(13-18)30-15-29-20;;/h3-11,14H,12-13,15-16H2,1-2H3,(H,26,27,29);2-10,13,25H,11-12,14-15H2,1H3,(H,26,27,28);2*1H4. The van der Waals surface area contributed by atoms with E-state index >= 15 is 0 Å². The van der Waals surface area contributed by atoms with E-state index in [9.17, 15) is 18.0 Å². The number of pyridine rings is 2. The van der Waals surface area contributed by atoms with E-state index in [1.165, 1.54) is 16.1 Å². The highest BCUT2D eigenvalue weighted by Gasteiger charge is 2.53. The maximum absolute atomic E-state index is 13.2. The van der Waals surface area contributed by atoms with E-state index in [0.29, 0.717) is 41.1 Å². The summed E-state index contributed by atoms with van der Waals surface area (Å²) in [5.41, 5.74) is 6.30. The lowest BCUT2D eigenvalue weighted by molar-refractivity contribution is -0.119. The highest BCUT2D eigenvalue weighted by molar-refractivity contribution is 7.88. The summed E-state index contributed by atoms with van der Waals surface area (Å²) in [4.78, 5) is 35.6. The molecule has 0 bridgehead atoms. The second kappa shape index (κ2) is 19.3. The van der Waals surface area contributed by atoms with Crippen LogP contribution in [0, 0.1) is 0 Å². The molecule has 4 aromatic carbocycles. The van der Waals surface area contributed by atoms with Crippen molar-refractivity contribution in [2.75, 3.05) is 44.6 Å². The number of amides is 2. The van der Waals surface area contributed by atoms with Crippen LogP contribution in [0.4, 0.5) is 11.6 Å². The van der Waals surface area contributed by atoms with Crippen LogP contribution in [0.15, 0.2) is 121 Å². The lowest BCUT2D eigenvalue weighted by Crippen LogP contribution is -2.28. The molecule has 2 aliphatic heterocycles. The average Bonchev–Trinajstić information content (AvgIpc) is 4.20. The predicted octanol–water partition coefficient (Wildman–Crippen LogP) is 8.68. The number of anilines is 2. The first-order valence-electron chi connectivity index (χ1n) is 21.0. The van der Waals surface area contributed by atoms with Crippen molar-refractivity contribution in [3.63, 3.8) is 0 Å². The largest absolute Gasteiger partial charge is 0.454 e. The van der Waals surface area contributed by atoms with Crippen LogP contribution in [0.2, 0.25) is 0 Å². The van der Waals surface area contributed by atoms with E-state index in [4.69, 9.17) is 18.9 Å². The Morgan fingerprint density at radius 2 is 1.03 bits per heavy atom. The monoisotopic (exact) mass is 912 g/mol. The molecule has 344 valence electrons. The fraction of sp³-hybridized carbons (Fsp3) is 0.294. The Balaban J connectivity index is 0.000000192. The summed E-state index contributed by atoms with van der Waals surface area (Å²) >= 11 is 0. The van der Waals surface area contributed by atoms with Gasteiger partial charge in [0.25, 0.3) is 0 Å². The summed E-state index contributed by atoms with van der Waals surface area (Å²) in [6, 6.07) is 38.4. The Morgan fingerprint density at radius 3 is 1.44 bits per heavy atom. The van der Waals surface area contributed by atoms with Crippen LogP contribution in [0.1, 0.15) is 62.8 Å². The molecule has 0 unspecified atom stereocenters. The van der Waals surface area contributed by atoms with Crippen LogP contribution < -0.4 is 34.9 Å². The number of hydrogen-bond donors (Lipinski definition) is 3. The molecule has 4 aliphatic rings. The maximum atomic E-state index is 13.2. The number of hydrogen-bond acceptors (Lipinski definition) is 11. The molecule has 10 rings (SSSR count). The van der Waals surface area contributed by atoms with E-state index in [-0.39, 0.29) is 40.3 Å². The summed E-state index contributed by atoms with van der Waals surface area (Å²) in [6.07, 6.45) is 4.34. The summed E-state index contributed by atoms with van der Waals surface area (Å²) < 4.78 is 46.3. The van der Waals surface area contributed by atoms with Crippen molar-refractivity contribution in [1.82, 2.24) is 19.6 Å². The van der Waals surface area contributed by atoms with Gasteiger partial charge in [0.1, 0.15) is 11.6 Å². The third-order valence-corrected chi connectivity index (χ3v) is 13.3. The number of carbonyl (C=O) groups is 2. The van der Waals surface area contributed by atoms with E-state index in [1.807, 2.05) is 98.0 Å². The molecule has 6 aromatic rings. The second-order valence-corrected chi connectivity index (χ2v) is 18.6. The molecule has 2 saturated carbocycles. The van der Waals surface area contributed by atoms with Gasteiger partial charge in [-0.15, -0.1) is 0 Å². The van der Waals surface area contributed by atoms with E-state index in [0.717, 1.165) is 71.5 Å². The number of aromatic nitrogens is 2. The van der Waals surface area contributed by atoms with Crippen LogP contribution in [0.25, 0.3) is 22.5 Å². The van der Waals surface area contributed by atoms with Crippen LogP contribution in [0.5, 0.6) is 23.0 Å². The highest BCUT2D eigenvalue weighted by atomic mass is 32.2. The molecule has 0 radical (unpaired) electrons. The molecule has 4 heterocycles. The third kappa shape index (κ3) is 10.0. The van der Waals surface area contributed by atoms with Gasteiger partial charge in [0.2, 0.25) is 35.4 Å². The van der Waals surface area contributed by atoms with Gasteiger partial charge in [-0.3, -0.25) is 9.59 Å². The lowest BCUT2D eigenvalue weighted by atomic mass is 9.94. The molecule has 14 nitrogen and oxygen atoms in total. The van der Waals surface area contributed by atoms with Gasteiger partial charge in [0.15, 0.2) is 23.0 Å². The number of nitrogens with one attached hydrogen (secondary N) is 3. The maximum Gasteiger partial charge on any atom is 0.236 e. The van der Waals surface area contributed by atoms with Crippen LogP contribution >= 0.6 is 0 Å². The summed E-state index contributed by atoms with van der Waals surface area (Å²) in [6.45, 7) is 1.55. The first-order valence-corrected chi connectivity index (χ1v) is 22.9. The third-order valence-electron chi connectivity index (χ3n) is 12.1. The Labute approximate surface area is 386 Å². The molecule has 2 amide bonds. The number of rotatable bonds is 13. The van der Waals surface area contributed by atoms with Crippen molar-refractivity contribution in [2.24, 2.45) is 0 Å². The molecule has 2 aliphatic carbocycles. The SMILES string of the molecule is C.C.CN(Cc1ccc(-c2cccc(NC(=O)C3(c4ccc5c(c4)OCO5)CC3)n2)cc1)S(C)(=O)=O.CNCc1ccc(-c2cccc(NC(=O)C3(c4ccc5c(c4)OCO5)CC3)n2)cc1. The van der Waals surface area contributed by atoms with Gasteiger partial charge in [-0.25, -0.2) is 22.7 Å². The van der Waals surface area contributed by atoms with Gasteiger partial charge in [-0.2, -0.15) is 0 Å². The number of carbonyl (C=O) groups excluding carboxylic acids is 2. The lowest BCUT2D eigenvalue weighted by Gasteiger charge is -2.16. The van der Waals surface area contributed by atoms with Gasteiger partial charge < -0.3 is 34.9 Å². The minimum absolute atomic E-state index is 0. The first kappa shape index (κ1) is 47.2. The quantitative estimate of drug-likeness (QED) is 0.101. The Hall–Kier alpha value is -6.81. The molecule has 0 spiro atoms. The fourth-order valence-corrected chi connectivity index (χ4v) is 8.27. The first-order chi connectivity index (χ1) is 30.9. The molecule has 2 fully saturated rings. The molecule has 3 N–H and O–H groups in total. The summed E-state index contributed by atoms with van der Waals surface area (Å²) in [5.74, 6) is 3.72. The van der Waals surface area contributed by atoms with E-state index in [2.05, 4.69) is 50.2 Å². The topological polar surface area (TPSA) is 170 Å². The number of fused-ring (bicyclic) bond motifs is 2. The van der Waals surface area contributed by atoms with Crippen LogP contribution in [-0.2, 0) is 43.5 Å². The molecular formula is C51H56N6O8S. The minimum atomic E-state index is -3.24.